The third-order valence-electron chi connectivity index (χ3n) is 3.01. The monoisotopic (exact) mass is 141 g/mol. The first-order valence-corrected chi connectivity index (χ1v) is 4.15. The Morgan fingerprint density at radius 3 is 1.70 bits per heavy atom. The largest absolute Gasteiger partial charge is 0.325 e. The van der Waals surface area contributed by atoms with E-state index < -0.39 is 0 Å². The van der Waals surface area contributed by atoms with Gasteiger partial charge in [-0.2, -0.15) is 0 Å². The summed E-state index contributed by atoms with van der Waals surface area (Å²) in [6.07, 6.45) is 2.38. The second-order valence-corrected chi connectivity index (χ2v) is 4.82. The van der Waals surface area contributed by atoms with Crippen LogP contribution in [0, 0.1) is 11.3 Å². The Morgan fingerprint density at radius 2 is 1.60 bits per heavy atom. The Kier molecular flexibility index (Phi) is 1.59. The lowest BCUT2D eigenvalue weighted by Crippen LogP contribution is -2.56. The van der Waals surface area contributed by atoms with E-state index in [1.807, 2.05) is 0 Å². The van der Waals surface area contributed by atoms with Gasteiger partial charge in [-0.25, -0.2) is 0 Å². The summed E-state index contributed by atoms with van der Waals surface area (Å²) in [4.78, 5) is 0. The topological polar surface area (TPSA) is 26.0 Å². The molecule has 60 valence electrons. The fourth-order valence-corrected chi connectivity index (χ4v) is 2.20. The number of hydrogen-bond acceptors (Lipinski definition) is 1. The van der Waals surface area contributed by atoms with Crippen molar-refractivity contribution in [2.24, 2.45) is 17.1 Å². The summed E-state index contributed by atoms with van der Waals surface area (Å²) in [7, 11) is 0. The third kappa shape index (κ3) is 1.20. The summed E-state index contributed by atoms with van der Waals surface area (Å²) in [5.41, 5.74) is 6.60. The van der Waals surface area contributed by atoms with Gasteiger partial charge in [0.05, 0.1) is 0 Å². The number of hydrogen-bond donors (Lipinski definition) is 1. The highest BCUT2D eigenvalue weighted by Crippen LogP contribution is 2.51. The molecule has 1 saturated carbocycles. The minimum atomic E-state index is 0.138. The van der Waals surface area contributed by atoms with Gasteiger partial charge in [-0.1, -0.05) is 20.8 Å². The highest BCUT2D eigenvalue weighted by molar-refractivity contribution is 5.03. The second kappa shape index (κ2) is 1.97. The van der Waals surface area contributed by atoms with E-state index >= 15 is 0 Å². The lowest BCUT2D eigenvalue weighted by molar-refractivity contribution is 0.0126. The van der Waals surface area contributed by atoms with Crippen LogP contribution < -0.4 is 5.73 Å². The second-order valence-electron chi connectivity index (χ2n) is 4.82. The fraction of sp³-hybridized carbons (Fsp3) is 1.00. The molecule has 0 aromatic rings. The Bertz CT molecular complexity index is 128. The van der Waals surface area contributed by atoms with Crippen molar-refractivity contribution >= 4 is 0 Å². The summed E-state index contributed by atoms with van der Waals surface area (Å²) < 4.78 is 0. The molecule has 2 N–H and O–H groups in total. The Hall–Kier alpha value is -0.0400. The molecular weight excluding hydrogens is 122 g/mol. The van der Waals surface area contributed by atoms with Gasteiger partial charge in [0.25, 0.3) is 0 Å². The average Bonchev–Trinajstić information content (AvgIpc) is 1.59. The predicted molar refractivity (Wildman–Crippen MR) is 44.8 cm³/mol. The van der Waals surface area contributed by atoms with Crippen LogP contribution in [0.25, 0.3) is 0 Å². The summed E-state index contributed by atoms with van der Waals surface area (Å²) in [6.45, 7) is 9.06. The van der Waals surface area contributed by atoms with E-state index in [0.717, 1.165) is 5.92 Å². The summed E-state index contributed by atoms with van der Waals surface area (Å²) in [6, 6.07) is 0. The van der Waals surface area contributed by atoms with Gasteiger partial charge in [0.2, 0.25) is 0 Å². The van der Waals surface area contributed by atoms with Gasteiger partial charge in [-0.15, -0.1) is 0 Å². The Balaban J connectivity index is 2.50. The molecule has 0 heterocycles. The molecule has 0 amide bonds. The maximum Gasteiger partial charge on any atom is 0.0136 e. The Labute approximate surface area is 64.0 Å². The number of nitrogens with two attached hydrogens (primary N) is 1. The van der Waals surface area contributed by atoms with Gasteiger partial charge >= 0.3 is 0 Å². The molecule has 0 spiro atoms. The van der Waals surface area contributed by atoms with Gasteiger partial charge in [-0.3, -0.25) is 0 Å². The van der Waals surface area contributed by atoms with Crippen molar-refractivity contribution in [1.82, 2.24) is 0 Å². The highest BCUT2D eigenvalue weighted by Gasteiger charge is 2.47. The normalized spacial score (nSPS) is 47.4. The first kappa shape index (κ1) is 8.06. The van der Waals surface area contributed by atoms with Crippen LogP contribution >= 0.6 is 0 Å². The average molecular weight is 141 g/mol. The van der Waals surface area contributed by atoms with Crippen molar-refractivity contribution < 1.29 is 0 Å². The van der Waals surface area contributed by atoms with Gasteiger partial charge in [0.1, 0.15) is 0 Å². The molecule has 0 atom stereocenters. The molecule has 1 heteroatoms. The van der Waals surface area contributed by atoms with E-state index in [4.69, 9.17) is 5.73 Å². The van der Waals surface area contributed by atoms with Crippen LogP contribution in [0.1, 0.15) is 40.5 Å². The van der Waals surface area contributed by atoms with E-state index in [-0.39, 0.29) is 5.54 Å². The molecule has 0 saturated heterocycles. The molecular formula is C9H19N. The minimum Gasteiger partial charge on any atom is -0.325 e. The molecule has 0 bridgehead atoms. The molecule has 1 aliphatic rings. The minimum absolute atomic E-state index is 0.138. The van der Waals surface area contributed by atoms with Crippen molar-refractivity contribution in [3.63, 3.8) is 0 Å². The zero-order valence-electron chi connectivity index (χ0n) is 7.57. The standard InChI is InChI=1S/C9H19N/c1-7(2)8(3)5-9(4,10)6-8/h7H,5-6,10H2,1-4H3. The van der Waals surface area contributed by atoms with E-state index in [1.165, 1.54) is 12.8 Å². The lowest BCUT2D eigenvalue weighted by atomic mass is 9.55. The first-order chi connectivity index (χ1) is 4.36. The van der Waals surface area contributed by atoms with Crippen LogP contribution in [-0.2, 0) is 0 Å². The molecule has 1 nitrogen and oxygen atoms in total. The quantitative estimate of drug-likeness (QED) is 0.595. The predicted octanol–water partition coefficient (Wildman–Crippen LogP) is 2.16. The van der Waals surface area contributed by atoms with Gasteiger partial charge in [-0.05, 0) is 31.1 Å². The van der Waals surface area contributed by atoms with Crippen LogP contribution in [0.2, 0.25) is 0 Å². The van der Waals surface area contributed by atoms with Crippen LogP contribution in [0.4, 0.5) is 0 Å². The van der Waals surface area contributed by atoms with Crippen molar-refractivity contribution in [2.45, 2.75) is 46.1 Å². The van der Waals surface area contributed by atoms with Gasteiger partial charge in [0, 0.05) is 5.54 Å². The van der Waals surface area contributed by atoms with Crippen LogP contribution in [0.15, 0.2) is 0 Å². The van der Waals surface area contributed by atoms with E-state index in [9.17, 15) is 0 Å². The van der Waals surface area contributed by atoms with E-state index in [1.54, 1.807) is 0 Å². The summed E-state index contributed by atoms with van der Waals surface area (Å²) in [5, 5.41) is 0. The van der Waals surface area contributed by atoms with Crippen molar-refractivity contribution in [2.75, 3.05) is 0 Å². The van der Waals surface area contributed by atoms with Crippen molar-refractivity contribution in [3.05, 3.63) is 0 Å². The molecule has 1 fully saturated rings. The molecule has 1 aliphatic carbocycles. The Morgan fingerprint density at radius 1 is 1.20 bits per heavy atom. The van der Waals surface area contributed by atoms with Gasteiger partial charge < -0.3 is 5.73 Å². The summed E-state index contributed by atoms with van der Waals surface area (Å²) >= 11 is 0. The van der Waals surface area contributed by atoms with Gasteiger partial charge in [0.15, 0.2) is 0 Å². The van der Waals surface area contributed by atoms with Crippen LogP contribution in [-0.4, -0.2) is 5.54 Å². The zero-order chi connectivity index (χ0) is 7.99. The molecule has 0 radical (unpaired) electrons. The smallest absolute Gasteiger partial charge is 0.0136 e. The SMILES string of the molecule is CC(C)C1(C)CC(C)(N)C1. The highest BCUT2D eigenvalue weighted by atomic mass is 14.8. The van der Waals surface area contributed by atoms with E-state index in [0.29, 0.717) is 5.41 Å². The maximum atomic E-state index is 5.93. The summed E-state index contributed by atoms with van der Waals surface area (Å²) in [5.74, 6) is 0.782. The maximum absolute atomic E-state index is 5.93. The van der Waals surface area contributed by atoms with Crippen molar-refractivity contribution in [1.29, 1.82) is 0 Å². The molecule has 0 aliphatic heterocycles. The molecule has 0 aromatic heterocycles. The molecule has 0 unspecified atom stereocenters. The van der Waals surface area contributed by atoms with Crippen LogP contribution in [0.5, 0.6) is 0 Å². The fourth-order valence-electron chi connectivity index (χ4n) is 2.20. The van der Waals surface area contributed by atoms with E-state index in [2.05, 4.69) is 27.7 Å². The molecule has 1 rings (SSSR count). The lowest BCUT2D eigenvalue weighted by Gasteiger charge is -2.53. The molecule has 0 aromatic carbocycles. The van der Waals surface area contributed by atoms with Crippen LogP contribution in [0.3, 0.4) is 0 Å². The first-order valence-electron chi connectivity index (χ1n) is 4.15. The number of rotatable bonds is 1. The van der Waals surface area contributed by atoms with Crippen molar-refractivity contribution in [3.8, 4) is 0 Å². The molecule has 10 heavy (non-hydrogen) atoms. The third-order valence-corrected chi connectivity index (χ3v) is 3.01. The zero-order valence-corrected chi connectivity index (χ0v) is 7.57.